The number of nitrogens with one attached hydrogen (secondary N) is 1. The molecule has 0 aliphatic heterocycles. The van der Waals surface area contributed by atoms with Crippen LogP contribution in [-0.4, -0.2) is 16.6 Å². The van der Waals surface area contributed by atoms with Crippen LogP contribution in [0.5, 0.6) is 0 Å². The van der Waals surface area contributed by atoms with Crippen molar-refractivity contribution in [3.8, 4) is 0 Å². The number of aromatic nitrogens is 2. The van der Waals surface area contributed by atoms with Gasteiger partial charge in [-0.05, 0) is 24.6 Å². The molecule has 0 spiro atoms. The lowest BCUT2D eigenvalue weighted by Crippen LogP contribution is -2.12. The van der Waals surface area contributed by atoms with Crippen LogP contribution in [0, 0.1) is 0 Å². The Balaban J connectivity index is 2.10. The molecule has 1 N–H and O–H groups in total. The van der Waals surface area contributed by atoms with Gasteiger partial charge in [-0.3, -0.25) is 0 Å². The summed E-state index contributed by atoms with van der Waals surface area (Å²) in [6.07, 6.45) is 4.98. The summed E-state index contributed by atoms with van der Waals surface area (Å²) in [5.74, 6) is 1.08. The van der Waals surface area contributed by atoms with Gasteiger partial charge >= 0.3 is 0 Å². The minimum absolute atomic E-state index is 0.806. The second kappa shape index (κ2) is 5.64. The molecule has 0 saturated carbocycles. The molecule has 0 aliphatic carbocycles. The molecule has 1 aromatic heterocycles. The Kier molecular flexibility index (Phi) is 3.94. The third kappa shape index (κ3) is 2.94. The largest absolute Gasteiger partial charge is 0.329 e. The van der Waals surface area contributed by atoms with E-state index in [1.807, 2.05) is 19.4 Å². The summed E-state index contributed by atoms with van der Waals surface area (Å²) in [6.45, 7) is 3.87. The van der Waals surface area contributed by atoms with Crippen molar-refractivity contribution in [2.24, 2.45) is 0 Å². The summed E-state index contributed by atoms with van der Waals surface area (Å²) in [5.41, 5.74) is 2.70. The SMILES string of the molecule is CCc1ccc(Cn2ccnc2CNC)cc1. The summed E-state index contributed by atoms with van der Waals surface area (Å²) >= 11 is 0. The molecule has 2 rings (SSSR count). The summed E-state index contributed by atoms with van der Waals surface area (Å²) in [7, 11) is 1.94. The van der Waals surface area contributed by atoms with Crippen LogP contribution < -0.4 is 5.32 Å². The normalized spacial score (nSPS) is 10.7. The highest BCUT2D eigenvalue weighted by atomic mass is 15.1. The van der Waals surface area contributed by atoms with E-state index in [2.05, 4.69) is 46.1 Å². The van der Waals surface area contributed by atoms with E-state index < -0.39 is 0 Å². The smallest absolute Gasteiger partial charge is 0.122 e. The molecule has 1 heterocycles. The molecule has 3 heteroatoms. The van der Waals surface area contributed by atoms with Crippen molar-refractivity contribution in [3.63, 3.8) is 0 Å². The fraction of sp³-hybridized carbons (Fsp3) is 0.357. The van der Waals surface area contributed by atoms with Crippen LogP contribution in [0.1, 0.15) is 23.9 Å². The number of nitrogens with zero attached hydrogens (tertiary/aromatic N) is 2. The van der Waals surface area contributed by atoms with Gasteiger partial charge in [0, 0.05) is 18.9 Å². The van der Waals surface area contributed by atoms with Gasteiger partial charge in [-0.15, -0.1) is 0 Å². The topological polar surface area (TPSA) is 29.9 Å². The first-order valence-electron chi connectivity index (χ1n) is 6.06. The Bertz CT molecular complexity index is 457. The fourth-order valence-electron chi connectivity index (χ4n) is 1.89. The molecule has 0 radical (unpaired) electrons. The standard InChI is InChI=1S/C14H19N3/c1-3-12-4-6-13(7-5-12)11-17-9-8-16-14(17)10-15-2/h4-9,15H,3,10-11H2,1-2H3. The predicted octanol–water partition coefficient (Wildman–Crippen LogP) is 2.21. The van der Waals surface area contributed by atoms with Gasteiger partial charge in [0.2, 0.25) is 0 Å². The monoisotopic (exact) mass is 229 g/mol. The van der Waals surface area contributed by atoms with Gasteiger partial charge in [-0.2, -0.15) is 0 Å². The molecular formula is C14H19N3. The van der Waals surface area contributed by atoms with Crippen LogP contribution in [0.15, 0.2) is 36.7 Å². The van der Waals surface area contributed by atoms with E-state index in [1.54, 1.807) is 0 Å². The number of hydrogen-bond donors (Lipinski definition) is 1. The maximum Gasteiger partial charge on any atom is 0.122 e. The van der Waals surface area contributed by atoms with Crippen molar-refractivity contribution < 1.29 is 0 Å². The molecule has 0 fully saturated rings. The lowest BCUT2D eigenvalue weighted by atomic mass is 10.1. The number of imidazole rings is 1. The number of aryl methyl sites for hydroxylation is 1. The number of benzene rings is 1. The lowest BCUT2D eigenvalue weighted by molar-refractivity contribution is 0.673. The Hall–Kier alpha value is -1.61. The van der Waals surface area contributed by atoms with Gasteiger partial charge in [0.05, 0.1) is 6.54 Å². The molecule has 17 heavy (non-hydrogen) atoms. The first-order chi connectivity index (χ1) is 8.33. The van der Waals surface area contributed by atoms with Gasteiger partial charge in [0.1, 0.15) is 5.82 Å². The predicted molar refractivity (Wildman–Crippen MR) is 69.9 cm³/mol. The Morgan fingerprint density at radius 1 is 1.18 bits per heavy atom. The second-order valence-corrected chi connectivity index (χ2v) is 4.17. The van der Waals surface area contributed by atoms with Gasteiger partial charge in [0.25, 0.3) is 0 Å². The summed E-state index contributed by atoms with van der Waals surface area (Å²) < 4.78 is 2.18. The first kappa shape index (κ1) is 11.9. The fourth-order valence-corrected chi connectivity index (χ4v) is 1.89. The van der Waals surface area contributed by atoms with Crippen LogP contribution in [0.3, 0.4) is 0 Å². The molecule has 1 aromatic carbocycles. The first-order valence-corrected chi connectivity index (χ1v) is 6.06. The van der Waals surface area contributed by atoms with Crippen LogP contribution in [0.4, 0.5) is 0 Å². The summed E-state index contributed by atoms with van der Waals surface area (Å²) in [4.78, 5) is 4.34. The highest BCUT2D eigenvalue weighted by molar-refractivity contribution is 5.23. The summed E-state index contributed by atoms with van der Waals surface area (Å²) in [5, 5.41) is 3.13. The van der Waals surface area contributed by atoms with Crippen molar-refractivity contribution >= 4 is 0 Å². The zero-order valence-corrected chi connectivity index (χ0v) is 10.5. The van der Waals surface area contributed by atoms with Crippen molar-refractivity contribution in [2.45, 2.75) is 26.4 Å². The van der Waals surface area contributed by atoms with Gasteiger partial charge in [-0.25, -0.2) is 4.98 Å². The van der Waals surface area contributed by atoms with E-state index in [1.165, 1.54) is 11.1 Å². The molecular weight excluding hydrogens is 210 g/mol. The number of rotatable bonds is 5. The van der Waals surface area contributed by atoms with Crippen molar-refractivity contribution in [1.29, 1.82) is 0 Å². The van der Waals surface area contributed by atoms with Crippen LogP contribution >= 0.6 is 0 Å². The Labute approximate surface area is 103 Å². The highest BCUT2D eigenvalue weighted by Gasteiger charge is 2.02. The van der Waals surface area contributed by atoms with E-state index in [0.29, 0.717) is 0 Å². The molecule has 0 aliphatic rings. The zero-order chi connectivity index (χ0) is 12.1. The average molecular weight is 229 g/mol. The van der Waals surface area contributed by atoms with E-state index in [0.717, 1.165) is 25.3 Å². The van der Waals surface area contributed by atoms with Gasteiger partial charge in [-0.1, -0.05) is 31.2 Å². The number of hydrogen-bond acceptors (Lipinski definition) is 2. The third-order valence-electron chi connectivity index (χ3n) is 2.92. The van der Waals surface area contributed by atoms with Crippen LogP contribution in [0.2, 0.25) is 0 Å². The van der Waals surface area contributed by atoms with E-state index in [-0.39, 0.29) is 0 Å². The van der Waals surface area contributed by atoms with Gasteiger partial charge < -0.3 is 9.88 Å². The maximum atomic E-state index is 4.34. The summed E-state index contributed by atoms with van der Waals surface area (Å²) in [6, 6.07) is 8.79. The van der Waals surface area contributed by atoms with E-state index in [9.17, 15) is 0 Å². The molecule has 0 saturated heterocycles. The molecule has 0 amide bonds. The van der Waals surface area contributed by atoms with Crippen LogP contribution in [-0.2, 0) is 19.5 Å². The minimum Gasteiger partial charge on any atom is -0.329 e. The van der Waals surface area contributed by atoms with E-state index >= 15 is 0 Å². The minimum atomic E-state index is 0.806. The Morgan fingerprint density at radius 3 is 2.53 bits per heavy atom. The zero-order valence-electron chi connectivity index (χ0n) is 10.5. The lowest BCUT2D eigenvalue weighted by Gasteiger charge is -2.08. The highest BCUT2D eigenvalue weighted by Crippen LogP contribution is 2.08. The molecule has 0 unspecified atom stereocenters. The molecule has 3 nitrogen and oxygen atoms in total. The van der Waals surface area contributed by atoms with Crippen molar-refractivity contribution in [2.75, 3.05) is 7.05 Å². The van der Waals surface area contributed by atoms with E-state index in [4.69, 9.17) is 0 Å². The van der Waals surface area contributed by atoms with Gasteiger partial charge in [0.15, 0.2) is 0 Å². The third-order valence-corrected chi connectivity index (χ3v) is 2.92. The van der Waals surface area contributed by atoms with Crippen LogP contribution in [0.25, 0.3) is 0 Å². The van der Waals surface area contributed by atoms with Crippen molar-refractivity contribution in [3.05, 3.63) is 53.6 Å². The average Bonchev–Trinajstić information content (AvgIpc) is 2.78. The maximum absolute atomic E-state index is 4.34. The molecule has 90 valence electrons. The molecule has 2 aromatic rings. The molecule has 0 bridgehead atoms. The quantitative estimate of drug-likeness (QED) is 0.852. The molecule has 0 atom stereocenters. The second-order valence-electron chi connectivity index (χ2n) is 4.17. The Morgan fingerprint density at radius 2 is 1.88 bits per heavy atom. The van der Waals surface area contributed by atoms with Crippen molar-refractivity contribution in [1.82, 2.24) is 14.9 Å².